The first-order chi connectivity index (χ1) is 8.29. The van der Waals surface area contributed by atoms with Gasteiger partial charge in [-0.15, -0.1) is 0 Å². The highest BCUT2D eigenvalue weighted by molar-refractivity contribution is 5.46. The van der Waals surface area contributed by atoms with E-state index in [0.717, 1.165) is 17.9 Å². The number of aromatic nitrogens is 2. The van der Waals surface area contributed by atoms with Crippen LogP contribution in [0.3, 0.4) is 0 Å². The van der Waals surface area contributed by atoms with Crippen LogP contribution in [0.25, 0.3) is 5.65 Å². The van der Waals surface area contributed by atoms with Crippen LogP contribution in [0.2, 0.25) is 0 Å². The van der Waals surface area contributed by atoms with E-state index in [-0.39, 0.29) is 0 Å². The molecule has 1 unspecified atom stereocenters. The standard InChI is InChI=1S/C13H17N3O/c1-9-13(11-4-3-7-14-11)15-12-6-5-10(17-2)8-16(9)12/h5-6,8,11,14H,3-4,7H2,1-2H3. The molecular formula is C13H17N3O. The van der Waals surface area contributed by atoms with Crippen LogP contribution in [0.1, 0.15) is 30.3 Å². The molecule has 2 aromatic rings. The minimum atomic E-state index is 0.417. The van der Waals surface area contributed by atoms with Crippen LogP contribution in [-0.2, 0) is 0 Å². The van der Waals surface area contributed by atoms with E-state index in [0.29, 0.717) is 6.04 Å². The number of rotatable bonds is 2. The minimum absolute atomic E-state index is 0.417. The Balaban J connectivity index is 2.11. The first kappa shape index (κ1) is 10.6. The molecule has 0 saturated carbocycles. The van der Waals surface area contributed by atoms with Crippen LogP contribution >= 0.6 is 0 Å². The van der Waals surface area contributed by atoms with E-state index in [4.69, 9.17) is 9.72 Å². The molecule has 0 aliphatic carbocycles. The third kappa shape index (κ3) is 1.69. The van der Waals surface area contributed by atoms with E-state index in [9.17, 15) is 0 Å². The average Bonchev–Trinajstić information content (AvgIpc) is 2.97. The number of aryl methyl sites for hydroxylation is 1. The molecule has 3 rings (SSSR count). The van der Waals surface area contributed by atoms with Gasteiger partial charge in [0.05, 0.1) is 25.0 Å². The van der Waals surface area contributed by atoms with E-state index in [2.05, 4.69) is 16.6 Å². The molecule has 0 amide bonds. The Bertz CT molecular complexity index is 541. The lowest BCUT2D eigenvalue weighted by Crippen LogP contribution is -2.14. The number of nitrogens with zero attached hydrogens (tertiary/aromatic N) is 2. The van der Waals surface area contributed by atoms with Gasteiger partial charge in [-0.1, -0.05) is 0 Å². The Kier molecular flexibility index (Phi) is 2.52. The zero-order valence-electron chi connectivity index (χ0n) is 10.2. The van der Waals surface area contributed by atoms with Crippen molar-refractivity contribution in [3.8, 4) is 5.75 Å². The highest BCUT2D eigenvalue weighted by Crippen LogP contribution is 2.26. The van der Waals surface area contributed by atoms with E-state index >= 15 is 0 Å². The number of nitrogens with one attached hydrogen (secondary N) is 1. The molecule has 0 bridgehead atoms. The molecule has 0 radical (unpaired) electrons. The number of hydrogen-bond acceptors (Lipinski definition) is 3. The van der Waals surface area contributed by atoms with E-state index in [1.807, 2.05) is 18.3 Å². The summed E-state index contributed by atoms with van der Waals surface area (Å²) in [6.07, 6.45) is 4.42. The van der Waals surface area contributed by atoms with Crippen LogP contribution in [0.5, 0.6) is 5.75 Å². The molecule has 17 heavy (non-hydrogen) atoms. The SMILES string of the molecule is COc1ccc2nc(C3CCCN3)c(C)n2c1. The molecule has 4 nitrogen and oxygen atoms in total. The molecule has 0 aromatic carbocycles. The molecule has 90 valence electrons. The summed E-state index contributed by atoms with van der Waals surface area (Å²) >= 11 is 0. The van der Waals surface area contributed by atoms with Gasteiger partial charge in [-0.05, 0) is 38.4 Å². The van der Waals surface area contributed by atoms with Crippen molar-refractivity contribution in [1.29, 1.82) is 0 Å². The van der Waals surface area contributed by atoms with Crippen molar-refractivity contribution in [3.63, 3.8) is 0 Å². The number of imidazole rings is 1. The van der Waals surface area contributed by atoms with Gasteiger partial charge >= 0.3 is 0 Å². The quantitative estimate of drug-likeness (QED) is 0.860. The van der Waals surface area contributed by atoms with E-state index in [1.165, 1.54) is 24.2 Å². The molecule has 0 spiro atoms. The maximum atomic E-state index is 5.25. The van der Waals surface area contributed by atoms with E-state index < -0.39 is 0 Å². The van der Waals surface area contributed by atoms with Gasteiger partial charge in [0.2, 0.25) is 0 Å². The molecule has 1 aliphatic heterocycles. The third-order valence-corrected chi connectivity index (χ3v) is 3.49. The fourth-order valence-corrected chi connectivity index (χ4v) is 2.53. The van der Waals surface area contributed by atoms with Crippen molar-refractivity contribution in [1.82, 2.24) is 14.7 Å². The van der Waals surface area contributed by atoms with Crippen molar-refractivity contribution in [2.75, 3.05) is 13.7 Å². The minimum Gasteiger partial charge on any atom is -0.495 e. The zero-order valence-corrected chi connectivity index (χ0v) is 10.2. The van der Waals surface area contributed by atoms with Crippen LogP contribution in [0, 0.1) is 6.92 Å². The lowest BCUT2D eigenvalue weighted by Gasteiger charge is -2.07. The summed E-state index contributed by atoms with van der Waals surface area (Å²) in [4.78, 5) is 4.71. The molecule has 3 heterocycles. The fraction of sp³-hybridized carbons (Fsp3) is 0.462. The third-order valence-electron chi connectivity index (χ3n) is 3.49. The maximum absolute atomic E-state index is 5.25. The molecule has 4 heteroatoms. The van der Waals surface area contributed by atoms with Gasteiger partial charge in [-0.3, -0.25) is 0 Å². The van der Waals surface area contributed by atoms with Crippen molar-refractivity contribution < 1.29 is 4.74 Å². The predicted molar refractivity (Wildman–Crippen MR) is 66.5 cm³/mol. The summed E-state index contributed by atoms with van der Waals surface area (Å²) < 4.78 is 7.35. The summed E-state index contributed by atoms with van der Waals surface area (Å²) in [6.45, 7) is 3.22. The monoisotopic (exact) mass is 231 g/mol. The lowest BCUT2D eigenvalue weighted by atomic mass is 10.1. The maximum Gasteiger partial charge on any atom is 0.137 e. The van der Waals surface area contributed by atoms with Crippen molar-refractivity contribution in [2.45, 2.75) is 25.8 Å². The Morgan fingerprint density at radius 1 is 1.47 bits per heavy atom. The Morgan fingerprint density at radius 2 is 2.35 bits per heavy atom. The smallest absolute Gasteiger partial charge is 0.137 e. The van der Waals surface area contributed by atoms with Crippen LogP contribution in [0.15, 0.2) is 18.3 Å². The average molecular weight is 231 g/mol. The van der Waals surface area contributed by atoms with Gasteiger partial charge in [0, 0.05) is 5.69 Å². The predicted octanol–water partition coefficient (Wildman–Crippen LogP) is 2.08. The van der Waals surface area contributed by atoms with Gasteiger partial charge in [0.1, 0.15) is 11.4 Å². The van der Waals surface area contributed by atoms with Crippen molar-refractivity contribution in [2.24, 2.45) is 0 Å². The Hall–Kier alpha value is -1.55. The fourth-order valence-electron chi connectivity index (χ4n) is 2.53. The topological polar surface area (TPSA) is 38.6 Å². The Morgan fingerprint density at radius 3 is 3.06 bits per heavy atom. The number of ether oxygens (including phenoxy) is 1. The molecule has 1 aliphatic rings. The van der Waals surface area contributed by atoms with Gasteiger partial charge in [0.15, 0.2) is 0 Å². The lowest BCUT2D eigenvalue weighted by molar-refractivity contribution is 0.412. The van der Waals surface area contributed by atoms with Crippen molar-refractivity contribution in [3.05, 3.63) is 29.7 Å². The number of pyridine rings is 1. The van der Waals surface area contributed by atoms with Gasteiger partial charge in [-0.25, -0.2) is 4.98 Å². The summed E-state index contributed by atoms with van der Waals surface area (Å²) in [5.41, 5.74) is 3.38. The second-order valence-electron chi connectivity index (χ2n) is 4.53. The van der Waals surface area contributed by atoms with Gasteiger partial charge < -0.3 is 14.5 Å². The number of fused-ring (bicyclic) bond motifs is 1. The second-order valence-corrected chi connectivity index (χ2v) is 4.53. The largest absolute Gasteiger partial charge is 0.495 e. The Labute approximate surface area is 101 Å². The zero-order chi connectivity index (χ0) is 11.8. The molecule has 1 atom stereocenters. The molecule has 1 saturated heterocycles. The molecular weight excluding hydrogens is 214 g/mol. The summed E-state index contributed by atoms with van der Waals surface area (Å²) in [5.74, 6) is 0.865. The van der Waals surface area contributed by atoms with Crippen LogP contribution in [-0.4, -0.2) is 23.0 Å². The highest BCUT2D eigenvalue weighted by atomic mass is 16.5. The first-order valence-corrected chi connectivity index (χ1v) is 6.05. The number of methoxy groups -OCH3 is 1. The van der Waals surface area contributed by atoms with Crippen LogP contribution in [0.4, 0.5) is 0 Å². The van der Waals surface area contributed by atoms with Gasteiger partial charge in [-0.2, -0.15) is 0 Å². The molecule has 1 fully saturated rings. The summed E-state index contributed by atoms with van der Waals surface area (Å²) in [7, 11) is 1.69. The molecule has 1 N–H and O–H groups in total. The summed E-state index contributed by atoms with van der Waals surface area (Å²) in [5, 5.41) is 3.50. The van der Waals surface area contributed by atoms with Gasteiger partial charge in [0.25, 0.3) is 0 Å². The van der Waals surface area contributed by atoms with Crippen LogP contribution < -0.4 is 10.1 Å². The first-order valence-electron chi connectivity index (χ1n) is 6.05. The highest BCUT2D eigenvalue weighted by Gasteiger charge is 2.21. The summed E-state index contributed by atoms with van der Waals surface area (Å²) in [6, 6.07) is 4.37. The van der Waals surface area contributed by atoms with Crippen molar-refractivity contribution >= 4 is 5.65 Å². The normalized spacial score (nSPS) is 20.0. The number of hydrogen-bond donors (Lipinski definition) is 1. The second kappa shape index (κ2) is 4.04. The van der Waals surface area contributed by atoms with E-state index in [1.54, 1.807) is 7.11 Å². The molecule has 2 aromatic heterocycles.